The summed E-state index contributed by atoms with van der Waals surface area (Å²) in [5.41, 5.74) is 4.17. The molecule has 1 aliphatic rings. The molecule has 0 radical (unpaired) electrons. The molecule has 0 aliphatic carbocycles. The molecule has 0 aromatic carbocycles. The first-order chi connectivity index (χ1) is 14.4. The standard InChI is InChI=1S/C21H24F2N6O/c1-13(2)28-7-6-15-8-20(25-9-16(15)11-28)30-12-19-14(3)26-27-29(19)17-4-5-18(21(22)23)24-10-17/h4-5,8-10,13,21H,6-7,11-12H2,1-3H3. The van der Waals surface area contributed by atoms with Crippen LogP contribution in [-0.2, 0) is 19.6 Å². The van der Waals surface area contributed by atoms with Gasteiger partial charge in [-0.2, -0.15) is 0 Å². The number of aryl methyl sites for hydroxylation is 1. The van der Waals surface area contributed by atoms with E-state index >= 15 is 0 Å². The van der Waals surface area contributed by atoms with Crippen LogP contribution in [0.5, 0.6) is 5.88 Å². The number of nitrogens with zero attached hydrogens (tertiary/aromatic N) is 6. The van der Waals surface area contributed by atoms with Crippen molar-refractivity contribution in [3.05, 3.63) is 58.8 Å². The highest BCUT2D eigenvalue weighted by Crippen LogP contribution is 2.24. The number of hydrogen-bond acceptors (Lipinski definition) is 6. The van der Waals surface area contributed by atoms with Crippen LogP contribution in [0.15, 0.2) is 30.6 Å². The molecular weight excluding hydrogens is 390 g/mol. The van der Waals surface area contributed by atoms with Crippen LogP contribution in [0.1, 0.15) is 48.5 Å². The fourth-order valence-corrected chi connectivity index (χ4v) is 3.50. The molecule has 4 heterocycles. The molecule has 0 bridgehead atoms. The van der Waals surface area contributed by atoms with Gasteiger partial charge in [0.2, 0.25) is 5.88 Å². The van der Waals surface area contributed by atoms with Crippen molar-refractivity contribution in [2.24, 2.45) is 0 Å². The van der Waals surface area contributed by atoms with Crippen LogP contribution in [-0.4, -0.2) is 42.4 Å². The van der Waals surface area contributed by atoms with Gasteiger partial charge < -0.3 is 4.74 Å². The minimum absolute atomic E-state index is 0.208. The summed E-state index contributed by atoms with van der Waals surface area (Å²) in [6.45, 7) is 8.35. The monoisotopic (exact) mass is 414 g/mol. The molecule has 0 amide bonds. The summed E-state index contributed by atoms with van der Waals surface area (Å²) in [4.78, 5) is 10.7. The molecule has 3 aromatic heterocycles. The van der Waals surface area contributed by atoms with Crippen LogP contribution >= 0.6 is 0 Å². The average molecular weight is 414 g/mol. The second kappa shape index (κ2) is 8.43. The van der Waals surface area contributed by atoms with Crippen molar-refractivity contribution in [1.82, 2.24) is 29.9 Å². The van der Waals surface area contributed by atoms with Crippen molar-refractivity contribution in [3.63, 3.8) is 0 Å². The highest BCUT2D eigenvalue weighted by Gasteiger charge is 2.20. The van der Waals surface area contributed by atoms with Gasteiger partial charge in [-0.1, -0.05) is 5.21 Å². The molecule has 0 N–H and O–H groups in total. The third kappa shape index (κ3) is 4.16. The average Bonchev–Trinajstić information content (AvgIpc) is 3.12. The van der Waals surface area contributed by atoms with Gasteiger partial charge in [-0.05, 0) is 50.5 Å². The summed E-state index contributed by atoms with van der Waals surface area (Å²) in [6.07, 6.45) is 1.60. The number of rotatable bonds is 6. The molecule has 30 heavy (non-hydrogen) atoms. The van der Waals surface area contributed by atoms with E-state index in [-0.39, 0.29) is 12.3 Å². The van der Waals surface area contributed by atoms with Crippen molar-refractivity contribution in [2.75, 3.05) is 6.54 Å². The Bertz CT molecular complexity index is 1020. The Balaban J connectivity index is 1.49. The first-order valence-electron chi connectivity index (χ1n) is 9.92. The third-order valence-corrected chi connectivity index (χ3v) is 5.38. The summed E-state index contributed by atoms with van der Waals surface area (Å²) < 4.78 is 33.0. The van der Waals surface area contributed by atoms with E-state index in [0.717, 1.165) is 19.5 Å². The maximum absolute atomic E-state index is 12.7. The fraction of sp³-hybridized carbons (Fsp3) is 0.429. The van der Waals surface area contributed by atoms with Crippen LogP contribution in [0.25, 0.3) is 5.69 Å². The first-order valence-corrected chi connectivity index (χ1v) is 9.92. The normalized spacial score (nSPS) is 14.4. The molecular formula is C21H24F2N6O. The Kier molecular flexibility index (Phi) is 5.72. The SMILES string of the molecule is Cc1nnn(-c2ccc(C(F)F)nc2)c1COc1cc2c(cn1)CN(C(C)C)CC2. The van der Waals surface area contributed by atoms with Crippen molar-refractivity contribution < 1.29 is 13.5 Å². The van der Waals surface area contributed by atoms with Gasteiger partial charge in [-0.3, -0.25) is 9.88 Å². The molecule has 3 aromatic rings. The fourth-order valence-electron chi connectivity index (χ4n) is 3.50. The topological polar surface area (TPSA) is 69.0 Å². The van der Waals surface area contributed by atoms with Gasteiger partial charge in [-0.25, -0.2) is 18.4 Å². The summed E-state index contributed by atoms with van der Waals surface area (Å²) in [5, 5.41) is 8.19. The van der Waals surface area contributed by atoms with Crippen molar-refractivity contribution in [2.45, 2.75) is 52.8 Å². The van der Waals surface area contributed by atoms with E-state index in [1.807, 2.05) is 19.2 Å². The number of ether oxygens (including phenoxy) is 1. The number of aromatic nitrogens is 5. The van der Waals surface area contributed by atoms with Crippen LogP contribution < -0.4 is 4.74 Å². The maximum atomic E-state index is 12.7. The Morgan fingerprint density at radius 3 is 2.67 bits per heavy atom. The highest BCUT2D eigenvalue weighted by atomic mass is 19.3. The third-order valence-electron chi connectivity index (χ3n) is 5.38. The van der Waals surface area contributed by atoms with E-state index in [1.54, 1.807) is 10.7 Å². The lowest BCUT2D eigenvalue weighted by Gasteiger charge is -2.31. The summed E-state index contributed by atoms with van der Waals surface area (Å²) >= 11 is 0. The smallest absolute Gasteiger partial charge is 0.280 e. The highest BCUT2D eigenvalue weighted by molar-refractivity contribution is 5.33. The number of alkyl halides is 2. The molecule has 158 valence electrons. The molecule has 0 fully saturated rings. The van der Waals surface area contributed by atoms with Crippen molar-refractivity contribution >= 4 is 0 Å². The Morgan fingerprint density at radius 2 is 1.97 bits per heavy atom. The Hall–Kier alpha value is -2.94. The van der Waals surface area contributed by atoms with E-state index in [9.17, 15) is 8.78 Å². The Labute approximate surface area is 173 Å². The largest absolute Gasteiger partial charge is 0.471 e. The summed E-state index contributed by atoms with van der Waals surface area (Å²) in [5.74, 6) is 0.546. The number of pyridine rings is 2. The van der Waals surface area contributed by atoms with E-state index < -0.39 is 6.43 Å². The van der Waals surface area contributed by atoms with Crippen LogP contribution in [0.3, 0.4) is 0 Å². The maximum Gasteiger partial charge on any atom is 0.280 e. The lowest BCUT2D eigenvalue weighted by Crippen LogP contribution is -2.35. The van der Waals surface area contributed by atoms with Crippen LogP contribution in [0.2, 0.25) is 0 Å². The van der Waals surface area contributed by atoms with Gasteiger partial charge in [0.05, 0.1) is 17.6 Å². The summed E-state index contributed by atoms with van der Waals surface area (Å²) in [7, 11) is 0. The molecule has 4 rings (SSSR count). The first kappa shape index (κ1) is 20.3. The second-order valence-corrected chi connectivity index (χ2v) is 7.67. The van der Waals surface area contributed by atoms with E-state index in [0.29, 0.717) is 29.0 Å². The predicted molar refractivity (Wildman–Crippen MR) is 107 cm³/mol. The molecule has 7 nitrogen and oxygen atoms in total. The van der Waals surface area contributed by atoms with Gasteiger partial charge in [0.1, 0.15) is 18.0 Å². The lowest BCUT2D eigenvalue weighted by atomic mass is 10.0. The zero-order valence-corrected chi connectivity index (χ0v) is 17.2. The number of hydrogen-bond donors (Lipinski definition) is 0. The minimum atomic E-state index is -2.61. The quantitative estimate of drug-likeness (QED) is 0.613. The van der Waals surface area contributed by atoms with E-state index in [4.69, 9.17) is 4.74 Å². The van der Waals surface area contributed by atoms with Crippen molar-refractivity contribution in [3.8, 4) is 11.6 Å². The number of halogens is 2. The van der Waals surface area contributed by atoms with Gasteiger partial charge in [0.25, 0.3) is 6.43 Å². The molecule has 0 atom stereocenters. The zero-order chi connectivity index (χ0) is 21.3. The van der Waals surface area contributed by atoms with Gasteiger partial charge in [0.15, 0.2) is 0 Å². The van der Waals surface area contributed by atoms with E-state index in [2.05, 4.69) is 39.0 Å². The molecule has 0 saturated heterocycles. The van der Waals surface area contributed by atoms with Gasteiger partial charge in [-0.15, -0.1) is 5.10 Å². The molecule has 0 saturated carbocycles. The minimum Gasteiger partial charge on any atom is -0.471 e. The van der Waals surface area contributed by atoms with E-state index in [1.165, 1.54) is 23.4 Å². The molecule has 0 spiro atoms. The predicted octanol–water partition coefficient (Wildman–Crippen LogP) is 3.65. The van der Waals surface area contributed by atoms with Gasteiger partial charge >= 0.3 is 0 Å². The molecule has 0 unspecified atom stereocenters. The van der Waals surface area contributed by atoms with Crippen LogP contribution in [0.4, 0.5) is 8.78 Å². The lowest BCUT2D eigenvalue weighted by molar-refractivity contribution is 0.146. The van der Waals surface area contributed by atoms with Crippen molar-refractivity contribution in [1.29, 1.82) is 0 Å². The number of fused-ring (bicyclic) bond motifs is 1. The molecule has 9 heteroatoms. The van der Waals surface area contributed by atoms with Crippen LogP contribution in [0, 0.1) is 6.92 Å². The Morgan fingerprint density at radius 1 is 1.13 bits per heavy atom. The molecule has 1 aliphatic heterocycles. The second-order valence-electron chi connectivity index (χ2n) is 7.67. The zero-order valence-electron chi connectivity index (χ0n) is 17.2. The van der Waals surface area contributed by atoms with Gasteiger partial charge in [0, 0.05) is 31.4 Å². The summed E-state index contributed by atoms with van der Waals surface area (Å²) in [6, 6.07) is 5.33.